The monoisotopic (exact) mass is 724 g/mol. The molecule has 9 rings (SSSR count). The highest BCUT2D eigenvalue weighted by Crippen LogP contribution is 2.79. The van der Waals surface area contributed by atoms with E-state index in [1.807, 2.05) is 0 Å². The van der Waals surface area contributed by atoms with Gasteiger partial charge in [0.1, 0.15) is 29.5 Å². The van der Waals surface area contributed by atoms with Gasteiger partial charge in [-0.1, -0.05) is 52.8 Å². The number of aliphatic hydroxyl groups is 1. The zero-order valence-electron chi connectivity index (χ0n) is 32.0. The number of rotatable bonds is 3. The minimum absolute atomic E-state index is 0.0128. The first kappa shape index (κ1) is 35.1. The molecule has 0 radical (unpaired) electrons. The van der Waals surface area contributed by atoms with Crippen LogP contribution in [0.2, 0.25) is 0 Å². The average Bonchev–Trinajstić information content (AvgIpc) is 3.58. The molecule has 5 fully saturated rings. The number of fused-ring (bicyclic) bond motifs is 12. The molecule has 5 aliphatic carbocycles. The number of hydrogen-bond donors (Lipinski definition) is 5. The van der Waals surface area contributed by atoms with Crippen LogP contribution >= 0.6 is 0 Å². The number of phenolic OH excluding ortho intramolecular Hbond substituents is 3. The van der Waals surface area contributed by atoms with Crippen LogP contribution in [0.5, 0.6) is 28.7 Å². The van der Waals surface area contributed by atoms with E-state index in [-0.39, 0.29) is 63.3 Å². The molecule has 12 atom stereocenters. The molecule has 5 saturated carbocycles. The number of ether oxygens (including phenoxy) is 2. The average molecular weight is 725 g/mol. The number of aliphatic hydroxyl groups excluding tert-OH is 1. The fourth-order valence-electron chi connectivity index (χ4n) is 14.7. The van der Waals surface area contributed by atoms with Crippen molar-refractivity contribution in [2.24, 2.45) is 56.7 Å². The maximum atomic E-state index is 13.2. The number of carbonyl (C=O) groups is 1. The Labute approximate surface area is 312 Å². The summed E-state index contributed by atoms with van der Waals surface area (Å²) in [5.41, 5.74) is 3.17. The quantitative estimate of drug-likeness (QED) is 0.156. The molecule has 2 aromatic carbocycles. The Morgan fingerprint density at radius 3 is 2.30 bits per heavy atom. The highest BCUT2D eigenvalue weighted by molar-refractivity contribution is 5.77. The zero-order valence-corrected chi connectivity index (χ0v) is 32.0. The van der Waals surface area contributed by atoms with E-state index in [0.29, 0.717) is 40.4 Å². The Morgan fingerprint density at radius 2 is 1.60 bits per heavy atom. The second-order valence-corrected chi connectivity index (χ2v) is 19.5. The lowest BCUT2D eigenvalue weighted by atomic mass is 9.34. The lowest BCUT2D eigenvalue weighted by Crippen LogP contribution is -2.64. The molecule has 0 amide bonds. The van der Waals surface area contributed by atoms with Gasteiger partial charge in [0, 0.05) is 23.5 Å². The summed E-state index contributed by atoms with van der Waals surface area (Å²) in [6.45, 7) is 18.8. The molecule has 2 heterocycles. The van der Waals surface area contributed by atoms with Gasteiger partial charge in [0.15, 0.2) is 11.5 Å². The first-order valence-corrected chi connectivity index (χ1v) is 19.9. The smallest absolute Gasteiger partial charge is 0.309 e. The first-order valence-electron chi connectivity index (χ1n) is 19.9. The van der Waals surface area contributed by atoms with Crippen molar-refractivity contribution in [3.05, 3.63) is 58.7 Å². The van der Waals surface area contributed by atoms with Gasteiger partial charge in [-0.2, -0.15) is 0 Å². The van der Waals surface area contributed by atoms with Crippen LogP contribution in [0.1, 0.15) is 116 Å². The maximum Gasteiger partial charge on any atom is 0.309 e. The van der Waals surface area contributed by atoms with E-state index in [9.17, 15) is 30.3 Å². The van der Waals surface area contributed by atoms with E-state index >= 15 is 0 Å². The van der Waals surface area contributed by atoms with Crippen molar-refractivity contribution in [3.8, 4) is 28.7 Å². The Bertz CT molecular complexity index is 1980. The minimum atomic E-state index is -0.984. The van der Waals surface area contributed by atoms with E-state index in [4.69, 9.17) is 9.47 Å². The van der Waals surface area contributed by atoms with Gasteiger partial charge in [0.05, 0.1) is 17.1 Å². The summed E-state index contributed by atoms with van der Waals surface area (Å²) >= 11 is 0. The van der Waals surface area contributed by atoms with E-state index in [2.05, 4.69) is 54.2 Å². The van der Waals surface area contributed by atoms with Gasteiger partial charge in [-0.3, -0.25) is 4.79 Å². The number of carboxylic acid groups (broad SMARTS) is 1. The van der Waals surface area contributed by atoms with Gasteiger partial charge in [-0.05, 0) is 133 Å². The zero-order chi connectivity index (χ0) is 37.8. The molecule has 8 heteroatoms. The summed E-state index contributed by atoms with van der Waals surface area (Å²) in [6.07, 6.45) is 8.00. The fraction of sp³-hybridized carbons (Fsp3) is 0.622. The Kier molecular flexibility index (Phi) is 7.27. The van der Waals surface area contributed by atoms with Gasteiger partial charge in [-0.15, -0.1) is 0 Å². The molecule has 2 aliphatic heterocycles. The van der Waals surface area contributed by atoms with Crippen LogP contribution in [0.4, 0.5) is 0 Å². The first-order chi connectivity index (χ1) is 24.9. The Hall–Kier alpha value is -3.65. The number of hydrogen-bond acceptors (Lipinski definition) is 7. The number of aliphatic carboxylic acids is 1. The molecule has 284 valence electrons. The van der Waals surface area contributed by atoms with Crippen LogP contribution in [-0.2, 0) is 11.2 Å². The van der Waals surface area contributed by atoms with Crippen molar-refractivity contribution < 1.29 is 39.8 Å². The van der Waals surface area contributed by atoms with Crippen molar-refractivity contribution in [2.75, 3.05) is 0 Å². The molecule has 7 aliphatic rings. The number of aromatic hydroxyl groups is 3. The summed E-state index contributed by atoms with van der Waals surface area (Å²) in [4.78, 5) is 13.2. The molecule has 0 bridgehead atoms. The fourth-order valence-corrected chi connectivity index (χ4v) is 14.7. The Morgan fingerprint density at radius 1 is 0.849 bits per heavy atom. The Balaban J connectivity index is 1.15. The maximum absolute atomic E-state index is 13.2. The molecule has 0 saturated heterocycles. The number of allylic oxidation sites excluding steroid dienone is 1. The van der Waals surface area contributed by atoms with Gasteiger partial charge in [-0.25, -0.2) is 0 Å². The molecule has 2 aromatic rings. The number of carboxylic acids is 1. The van der Waals surface area contributed by atoms with Crippen molar-refractivity contribution in [3.63, 3.8) is 0 Å². The van der Waals surface area contributed by atoms with E-state index in [1.54, 1.807) is 12.1 Å². The van der Waals surface area contributed by atoms with Crippen LogP contribution in [0, 0.1) is 56.7 Å². The molecule has 0 spiro atoms. The van der Waals surface area contributed by atoms with Crippen LogP contribution in [0.15, 0.2) is 42.0 Å². The summed E-state index contributed by atoms with van der Waals surface area (Å²) in [5, 5.41) is 53.6. The van der Waals surface area contributed by atoms with Gasteiger partial charge in [0.25, 0.3) is 0 Å². The second kappa shape index (κ2) is 11.0. The molecular weight excluding hydrogens is 668 g/mol. The lowest BCUT2D eigenvalue weighted by molar-refractivity contribution is -0.216. The highest BCUT2D eigenvalue weighted by atomic mass is 16.5. The largest absolute Gasteiger partial charge is 0.507 e. The molecular formula is C45H56O8. The summed E-state index contributed by atoms with van der Waals surface area (Å²) in [6, 6.07) is 6.11. The van der Waals surface area contributed by atoms with Crippen LogP contribution in [-0.4, -0.2) is 43.7 Å². The molecule has 8 nitrogen and oxygen atoms in total. The summed E-state index contributed by atoms with van der Waals surface area (Å²) in [5.74, 6) is 1.34. The van der Waals surface area contributed by atoms with Crippen LogP contribution in [0.3, 0.4) is 0 Å². The van der Waals surface area contributed by atoms with Crippen molar-refractivity contribution >= 4 is 12.0 Å². The number of benzene rings is 2. The molecule has 5 unspecified atom stereocenters. The third kappa shape index (κ3) is 4.25. The topological polar surface area (TPSA) is 137 Å². The summed E-state index contributed by atoms with van der Waals surface area (Å²) in [7, 11) is 0. The molecule has 53 heavy (non-hydrogen) atoms. The lowest BCUT2D eigenvalue weighted by Gasteiger charge is -2.70. The normalized spacial score (nSPS) is 42.9. The van der Waals surface area contributed by atoms with Crippen molar-refractivity contribution in [1.82, 2.24) is 0 Å². The SMILES string of the molecule is C=C(C)C1CC[C@]2(C(=O)O)CC[C@]3(C)[C@H](CC[C@@H]4[C@@]5(C)C6=Cc7c(cc(O)c8c7OC(c7ccc(O)c(O)c7)C(O)C8)OC6C(C)(C)[C@@H]5CC[C@]43C)C12. The van der Waals surface area contributed by atoms with Gasteiger partial charge >= 0.3 is 5.97 Å². The molecule has 5 N–H and O–H groups in total. The minimum Gasteiger partial charge on any atom is -0.507 e. The third-order valence-corrected chi connectivity index (χ3v) is 17.3. The van der Waals surface area contributed by atoms with E-state index < -0.39 is 23.6 Å². The van der Waals surface area contributed by atoms with Crippen molar-refractivity contribution in [2.45, 2.75) is 118 Å². The van der Waals surface area contributed by atoms with Gasteiger partial charge < -0.3 is 35.0 Å². The standard InChI is InChI=1S/C45H56O8/c1-22(2)24-12-15-45(40(50)51)17-16-42(5)27(36(24)45)9-11-35-43(42,6)14-13-34-41(3,4)39-28(44(34,35)7)19-26-33(52-39)21-30(47)25-20-32(49)37(53-38(25)26)23-8-10-29(46)31(48)18-23/h8,10,18-19,21,24,27,32,34-37,39,46-49H,1,9,11-17,20H2,2-7H3,(H,50,51)/t24?,27-,32?,34+,35+,36?,37?,39?,42-,43-,44+,45+/m1/s1. The summed E-state index contributed by atoms with van der Waals surface area (Å²) < 4.78 is 13.6. The number of phenols is 3. The van der Waals surface area contributed by atoms with E-state index in [1.165, 1.54) is 17.7 Å². The highest BCUT2D eigenvalue weighted by Gasteiger charge is 2.74. The molecule has 0 aromatic heterocycles. The van der Waals surface area contributed by atoms with Gasteiger partial charge in [0.2, 0.25) is 0 Å². The van der Waals surface area contributed by atoms with E-state index in [0.717, 1.165) is 62.5 Å². The predicted octanol–water partition coefficient (Wildman–Crippen LogP) is 8.95. The van der Waals surface area contributed by atoms with Crippen LogP contribution < -0.4 is 9.47 Å². The predicted molar refractivity (Wildman–Crippen MR) is 201 cm³/mol. The van der Waals surface area contributed by atoms with Crippen LogP contribution in [0.25, 0.3) is 6.08 Å². The van der Waals surface area contributed by atoms with Crippen molar-refractivity contribution in [1.29, 1.82) is 0 Å². The second-order valence-electron chi connectivity index (χ2n) is 19.5. The third-order valence-electron chi connectivity index (χ3n) is 17.3.